The monoisotopic (exact) mass is 417 g/mol. The predicted molar refractivity (Wildman–Crippen MR) is 137 cm³/mol. The van der Waals surface area contributed by atoms with Crippen LogP contribution in [0, 0.1) is 0 Å². The van der Waals surface area contributed by atoms with Crippen LogP contribution in [0.2, 0.25) is 0 Å². The first-order chi connectivity index (χ1) is 16.4. The molecule has 4 heterocycles. The Hall–Kier alpha value is -4.31. The second kappa shape index (κ2) is 5.36. The molecular weight excluding hydrogens is 401 g/mol. The third-order valence-corrected chi connectivity index (χ3v) is 7.72. The third-order valence-electron chi connectivity index (χ3n) is 7.72. The van der Waals surface area contributed by atoms with Crippen molar-refractivity contribution in [3.63, 3.8) is 0 Å². The van der Waals surface area contributed by atoms with E-state index >= 15 is 0 Å². The highest BCUT2D eigenvalue weighted by atomic mass is 15.2. The molecule has 0 spiro atoms. The second-order valence-electron chi connectivity index (χ2n) is 9.21. The van der Waals surface area contributed by atoms with E-state index in [1.165, 1.54) is 55.0 Å². The predicted octanol–water partition coefficient (Wildman–Crippen LogP) is 4.39. The average Bonchev–Trinajstić information content (AvgIpc) is 3.42. The molecule has 0 radical (unpaired) electrons. The molecule has 2 aromatic heterocycles. The van der Waals surface area contributed by atoms with Crippen molar-refractivity contribution >= 4 is 61.7 Å². The molecule has 5 aromatic carbocycles. The van der Waals surface area contributed by atoms with E-state index in [9.17, 15) is 0 Å². The largest absolute Gasteiger partial charge is 0.281 e. The van der Waals surface area contributed by atoms with Gasteiger partial charge in [-0.3, -0.25) is 8.97 Å². The highest BCUT2D eigenvalue weighted by Crippen LogP contribution is 2.37. The van der Waals surface area contributed by atoms with Crippen LogP contribution < -0.4 is 16.4 Å². The van der Waals surface area contributed by atoms with Crippen LogP contribution >= 0.6 is 0 Å². The van der Waals surface area contributed by atoms with Gasteiger partial charge in [-0.2, -0.15) is 0 Å². The zero-order valence-corrected chi connectivity index (χ0v) is 17.7. The molecular formula is C29H16BN3. The summed E-state index contributed by atoms with van der Waals surface area (Å²) in [4.78, 5) is 5.18. The van der Waals surface area contributed by atoms with Crippen LogP contribution in [0.25, 0.3) is 55.4 Å². The molecule has 0 N–H and O–H groups in total. The van der Waals surface area contributed by atoms with Crippen molar-refractivity contribution in [2.24, 2.45) is 0 Å². The quantitative estimate of drug-likeness (QED) is 0.336. The van der Waals surface area contributed by atoms with Gasteiger partial charge in [0.1, 0.15) is 0 Å². The van der Waals surface area contributed by atoms with Gasteiger partial charge >= 0.3 is 0 Å². The van der Waals surface area contributed by atoms with Crippen LogP contribution in [-0.4, -0.2) is 20.7 Å². The van der Waals surface area contributed by atoms with E-state index in [1.807, 2.05) is 0 Å². The Kier molecular flexibility index (Phi) is 2.65. The molecule has 2 aliphatic heterocycles. The first kappa shape index (κ1) is 16.3. The lowest BCUT2D eigenvalue weighted by atomic mass is 9.37. The summed E-state index contributed by atoms with van der Waals surface area (Å²) in [7, 11) is 0. The Bertz CT molecular complexity index is 1990. The zero-order chi connectivity index (χ0) is 21.3. The third kappa shape index (κ3) is 1.73. The molecule has 7 aromatic rings. The van der Waals surface area contributed by atoms with Gasteiger partial charge in [0, 0.05) is 11.1 Å². The summed E-state index contributed by atoms with van der Waals surface area (Å²) in [5, 5.41) is 2.58. The number of aromatic nitrogens is 3. The van der Waals surface area contributed by atoms with E-state index < -0.39 is 0 Å². The Morgan fingerprint density at radius 1 is 0.636 bits per heavy atom. The summed E-state index contributed by atoms with van der Waals surface area (Å²) < 4.78 is 4.77. The minimum atomic E-state index is 0.257. The second-order valence-corrected chi connectivity index (χ2v) is 9.21. The maximum atomic E-state index is 5.18. The highest BCUT2D eigenvalue weighted by molar-refractivity contribution is 7.01. The van der Waals surface area contributed by atoms with Gasteiger partial charge in [-0.15, -0.1) is 0 Å². The molecule has 2 aliphatic rings. The van der Waals surface area contributed by atoms with Crippen LogP contribution in [-0.2, 0) is 0 Å². The summed E-state index contributed by atoms with van der Waals surface area (Å²) in [5.41, 5.74) is 12.8. The molecule has 33 heavy (non-hydrogen) atoms. The molecule has 0 amide bonds. The number of hydrogen-bond acceptors (Lipinski definition) is 1. The van der Waals surface area contributed by atoms with Gasteiger partial charge in [0.15, 0.2) is 0 Å². The number of rotatable bonds is 0. The lowest BCUT2D eigenvalue weighted by Gasteiger charge is -2.28. The number of para-hydroxylation sites is 2. The van der Waals surface area contributed by atoms with E-state index in [-0.39, 0.29) is 6.71 Å². The molecule has 9 rings (SSSR count). The fourth-order valence-corrected chi connectivity index (χ4v) is 6.51. The van der Waals surface area contributed by atoms with Crippen LogP contribution in [0.15, 0.2) is 97.1 Å². The first-order valence-electron chi connectivity index (χ1n) is 11.5. The SMILES string of the molecule is c1ccc2c(c1)B1c3c-2cccc3-n2c3c1ccc1cccc(c13)n1c3ccccc3nc21. The Morgan fingerprint density at radius 2 is 1.45 bits per heavy atom. The normalized spacial score (nSPS) is 13.4. The number of hydrogen-bond donors (Lipinski definition) is 0. The fourth-order valence-electron chi connectivity index (χ4n) is 6.51. The molecule has 3 nitrogen and oxygen atoms in total. The van der Waals surface area contributed by atoms with Gasteiger partial charge in [0.2, 0.25) is 12.5 Å². The Morgan fingerprint density at radius 3 is 2.45 bits per heavy atom. The Labute approximate surface area is 189 Å². The van der Waals surface area contributed by atoms with Crippen molar-refractivity contribution in [2.45, 2.75) is 0 Å². The minimum Gasteiger partial charge on any atom is -0.281 e. The molecule has 4 heteroatoms. The molecule has 150 valence electrons. The average molecular weight is 417 g/mol. The van der Waals surface area contributed by atoms with Gasteiger partial charge in [0.25, 0.3) is 0 Å². The van der Waals surface area contributed by atoms with Crippen LogP contribution in [0.3, 0.4) is 0 Å². The minimum absolute atomic E-state index is 0.257. The summed E-state index contributed by atoms with van der Waals surface area (Å²) >= 11 is 0. The maximum Gasteiger partial charge on any atom is 0.248 e. The van der Waals surface area contributed by atoms with E-state index in [2.05, 4.69) is 106 Å². The lowest BCUT2D eigenvalue weighted by Crippen LogP contribution is -2.53. The van der Waals surface area contributed by atoms with Crippen LogP contribution in [0.1, 0.15) is 0 Å². The lowest BCUT2D eigenvalue weighted by molar-refractivity contribution is 1.07. The first-order valence-corrected chi connectivity index (χ1v) is 11.5. The van der Waals surface area contributed by atoms with Crippen molar-refractivity contribution in [3.05, 3.63) is 97.1 Å². The number of imidazole rings is 1. The summed E-state index contributed by atoms with van der Waals surface area (Å²) in [5.74, 6) is 0.978. The van der Waals surface area contributed by atoms with E-state index in [0.717, 1.165) is 16.8 Å². The smallest absolute Gasteiger partial charge is 0.248 e. The zero-order valence-electron chi connectivity index (χ0n) is 17.7. The van der Waals surface area contributed by atoms with Gasteiger partial charge < -0.3 is 0 Å². The van der Waals surface area contributed by atoms with Crippen LogP contribution in [0.5, 0.6) is 0 Å². The van der Waals surface area contributed by atoms with Crippen molar-refractivity contribution < 1.29 is 0 Å². The molecule has 0 atom stereocenters. The van der Waals surface area contributed by atoms with Gasteiger partial charge in [-0.05, 0) is 51.7 Å². The summed E-state index contributed by atoms with van der Waals surface area (Å²) in [6, 6.07) is 35.4. The molecule has 0 saturated heterocycles. The van der Waals surface area contributed by atoms with E-state index in [1.54, 1.807) is 0 Å². The van der Waals surface area contributed by atoms with E-state index in [4.69, 9.17) is 4.98 Å². The number of nitrogens with zero attached hydrogens (tertiary/aromatic N) is 3. The Balaban J connectivity index is 1.63. The van der Waals surface area contributed by atoms with Crippen molar-refractivity contribution in [1.29, 1.82) is 0 Å². The number of fused-ring (bicyclic) bond motifs is 10. The highest BCUT2D eigenvalue weighted by Gasteiger charge is 2.40. The molecule has 0 saturated carbocycles. The van der Waals surface area contributed by atoms with Crippen molar-refractivity contribution in [3.8, 4) is 16.8 Å². The van der Waals surface area contributed by atoms with Crippen LogP contribution in [0.4, 0.5) is 0 Å². The maximum absolute atomic E-state index is 5.18. The molecule has 0 unspecified atom stereocenters. The molecule has 0 aliphatic carbocycles. The van der Waals surface area contributed by atoms with E-state index in [0.29, 0.717) is 0 Å². The van der Waals surface area contributed by atoms with Crippen molar-refractivity contribution in [1.82, 2.24) is 14.0 Å². The molecule has 0 bridgehead atoms. The summed E-state index contributed by atoms with van der Waals surface area (Å²) in [6.45, 7) is 0.257. The van der Waals surface area contributed by atoms with Gasteiger partial charge in [-0.1, -0.05) is 78.3 Å². The van der Waals surface area contributed by atoms with Crippen molar-refractivity contribution in [2.75, 3.05) is 0 Å². The fraction of sp³-hybridized carbons (Fsp3) is 0. The number of benzene rings is 5. The topological polar surface area (TPSA) is 22.2 Å². The molecule has 0 fully saturated rings. The van der Waals surface area contributed by atoms with Gasteiger partial charge in [-0.25, -0.2) is 4.98 Å². The standard InChI is InChI=1S/C29H16BN3/c1-2-10-20-18(8-1)19-9-6-14-25-27(19)30(20)21-16-15-17-7-5-13-24-26(17)28(21)33(25)29-31-22-11-3-4-12-23(22)32(24)29/h1-16H. The van der Waals surface area contributed by atoms with Gasteiger partial charge in [0.05, 0.1) is 22.1 Å². The summed E-state index contributed by atoms with van der Waals surface area (Å²) in [6.07, 6.45) is 0.